The fourth-order valence-corrected chi connectivity index (χ4v) is 1.84. The Hall–Kier alpha value is -1.18. The summed E-state index contributed by atoms with van der Waals surface area (Å²) in [7, 11) is 0. The average molecular weight is 245 g/mol. The Labute approximate surface area is 97.3 Å². The first-order valence-electron chi connectivity index (χ1n) is 4.86. The number of aliphatic hydroxyl groups excluding tert-OH is 2. The molecule has 0 atom stereocenters. The molecule has 0 radical (unpaired) electrons. The van der Waals surface area contributed by atoms with Gasteiger partial charge in [-0.05, 0) is 0 Å². The molecule has 0 aliphatic rings. The van der Waals surface area contributed by atoms with Crippen molar-refractivity contribution in [3.63, 3.8) is 0 Å². The molecule has 0 aliphatic carbocycles. The molecular weight excluding hydrogens is 230 g/mol. The second-order valence-corrected chi connectivity index (χ2v) is 4.07. The summed E-state index contributed by atoms with van der Waals surface area (Å²) in [6, 6.07) is 0. The summed E-state index contributed by atoms with van der Waals surface area (Å²) in [4.78, 5) is 17.1. The van der Waals surface area contributed by atoms with Crippen LogP contribution in [0.5, 0.6) is 0 Å². The minimum atomic E-state index is -0.173. The largest absolute Gasteiger partial charge is 0.395 e. The third kappa shape index (κ3) is 3.76. The Bertz CT molecular complexity index is 336. The molecule has 1 aromatic rings. The number of anilines is 1. The van der Waals surface area contributed by atoms with Gasteiger partial charge in [-0.15, -0.1) is 11.3 Å². The van der Waals surface area contributed by atoms with Crippen LogP contribution in [0.3, 0.4) is 0 Å². The zero-order chi connectivity index (χ0) is 12.0. The molecule has 0 fully saturated rings. The molecule has 0 saturated heterocycles. The number of thiazole rings is 1. The minimum Gasteiger partial charge on any atom is -0.395 e. The van der Waals surface area contributed by atoms with Gasteiger partial charge in [0.05, 0.1) is 25.3 Å². The summed E-state index contributed by atoms with van der Waals surface area (Å²) in [5.41, 5.74) is 6.07. The van der Waals surface area contributed by atoms with Crippen LogP contribution in [-0.2, 0) is 11.2 Å². The predicted octanol–water partition coefficient (Wildman–Crippen LogP) is -0.919. The molecule has 90 valence electrons. The number of aromatic nitrogens is 1. The van der Waals surface area contributed by atoms with E-state index < -0.39 is 0 Å². The lowest BCUT2D eigenvalue weighted by molar-refractivity contribution is -0.131. The number of nitrogens with two attached hydrogens (primary N) is 1. The second kappa shape index (κ2) is 6.41. The molecule has 16 heavy (non-hydrogen) atoms. The molecule has 0 saturated carbocycles. The smallest absolute Gasteiger partial charge is 0.228 e. The fourth-order valence-electron chi connectivity index (χ4n) is 1.27. The van der Waals surface area contributed by atoms with E-state index in [9.17, 15) is 4.79 Å². The van der Waals surface area contributed by atoms with Gasteiger partial charge in [-0.3, -0.25) is 4.79 Å². The lowest BCUT2D eigenvalue weighted by atomic mass is 10.3. The van der Waals surface area contributed by atoms with Gasteiger partial charge < -0.3 is 20.8 Å². The number of hydrogen-bond acceptors (Lipinski definition) is 6. The highest BCUT2D eigenvalue weighted by Gasteiger charge is 2.14. The van der Waals surface area contributed by atoms with Crippen molar-refractivity contribution >= 4 is 22.4 Å². The van der Waals surface area contributed by atoms with E-state index >= 15 is 0 Å². The van der Waals surface area contributed by atoms with E-state index in [1.807, 2.05) is 0 Å². The molecule has 1 amide bonds. The molecule has 1 heterocycles. The average Bonchev–Trinajstić information content (AvgIpc) is 2.63. The molecule has 0 spiro atoms. The van der Waals surface area contributed by atoms with Crippen molar-refractivity contribution in [2.45, 2.75) is 6.42 Å². The van der Waals surface area contributed by atoms with Crippen molar-refractivity contribution in [2.24, 2.45) is 0 Å². The van der Waals surface area contributed by atoms with Crippen LogP contribution in [0.15, 0.2) is 5.38 Å². The van der Waals surface area contributed by atoms with Gasteiger partial charge in [0.25, 0.3) is 0 Å². The summed E-state index contributed by atoms with van der Waals surface area (Å²) in [5.74, 6) is -0.173. The number of rotatable bonds is 6. The summed E-state index contributed by atoms with van der Waals surface area (Å²) < 4.78 is 0. The number of carbonyl (C=O) groups excluding carboxylic acids is 1. The molecule has 6 nitrogen and oxygen atoms in total. The highest BCUT2D eigenvalue weighted by Crippen LogP contribution is 2.12. The van der Waals surface area contributed by atoms with Crippen LogP contribution in [0.2, 0.25) is 0 Å². The van der Waals surface area contributed by atoms with Gasteiger partial charge in [0.1, 0.15) is 0 Å². The Morgan fingerprint density at radius 1 is 1.44 bits per heavy atom. The van der Waals surface area contributed by atoms with Crippen molar-refractivity contribution in [3.8, 4) is 0 Å². The van der Waals surface area contributed by atoms with Crippen LogP contribution < -0.4 is 5.73 Å². The molecule has 1 aromatic heterocycles. The summed E-state index contributed by atoms with van der Waals surface area (Å²) in [6.07, 6.45) is 0.147. The van der Waals surface area contributed by atoms with Gasteiger partial charge in [-0.2, -0.15) is 0 Å². The number of hydrogen-bond donors (Lipinski definition) is 3. The third-order valence-corrected chi connectivity index (χ3v) is 2.72. The van der Waals surface area contributed by atoms with E-state index in [-0.39, 0.29) is 38.6 Å². The SMILES string of the molecule is Nc1nc(CC(=O)N(CCO)CCO)cs1. The van der Waals surface area contributed by atoms with Crippen molar-refractivity contribution in [3.05, 3.63) is 11.1 Å². The highest BCUT2D eigenvalue weighted by atomic mass is 32.1. The van der Waals surface area contributed by atoms with Gasteiger partial charge in [0, 0.05) is 18.5 Å². The maximum absolute atomic E-state index is 11.7. The number of amides is 1. The van der Waals surface area contributed by atoms with Crippen LogP contribution in [0, 0.1) is 0 Å². The summed E-state index contributed by atoms with van der Waals surface area (Å²) in [6.45, 7) is 0.202. The number of aliphatic hydroxyl groups is 2. The van der Waals surface area contributed by atoms with E-state index in [0.29, 0.717) is 10.8 Å². The molecular formula is C9H15N3O3S. The minimum absolute atomic E-state index is 0.120. The van der Waals surface area contributed by atoms with Crippen LogP contribution in [-0.4, -0.2) is 52.3 Å². The topological polar surface area (TPSA) is 99.7 Å². The van der Waals surface area contributed by atoms with Gasteiger partial charge >= 0.3 is 0 Å². The first-order chi connectivity index (χ1) is 7.67. The van der Waals surface area contributed by atoms with Crippen molar-refractivity contribution in [2.75, 3.05) is 32.0 Å². The van der Waals surface area contributed by atoms with Gasteiger partial charge in [-0.1, -0.05) is 0 Å². The van der Waals surface area contributed by atoms with Crippen LogP contribution in [0.25, 0.3) is 0 Å². The molecule has 4 N–H and O–H groups in total. The Morgan fingerprint density at radius 3 is 2.50 bits per heavy atom. The fraction of sp³-hybridized carbons (Fsp3) is 0.556. The molecule has 0 bridgehead atoms. The molecule has 0 aliphatic heterocycles. The normalized spacial score (nSPS) is 10.4. The van der Waals surface area contributed by atoms with Crippen molar-refractivity contribution in [1.82, 2.24) is 9.88 Å². The second-order valence-electron chi connectivity index (χ2n) is 3.18. The quantitative estimate of drug-likeness (QED) is 0.602. The Kier molecular flexibility index (Phi) is 5.17. The summed E-state index contributed by atoms with van der Waals surface area (Å²) in [5, 5.41) is 19.7. The standard InChI is InChI=1S/C9H15N3O3S/c10-9-11-7(6-16-9)5-8(15)12(1-3-13)2-4-14/h6,13-14H,1-5H2,(H2,10,11). The number of nitrogen functional groups attached to an aromatic ring is 1. The first kappa shape index (κ1) is 12.9. The molecule has 0 unspecified atom stereocenters. The zero-order valence-corrected chi connectivity index (χ0v) is 9.61. The highest BCUT2D eigenvalue weighted by molar-refractivity contribution is 7.13. The Morgan fingerprint density at radius 2 is 2.06 bits per heavy atom. The summed E-state index contributed by atoms with van der Waals surface area (Å²) >= 11 is 1.28. The van der Waals surface area contributed by atoms with E-state index in [1.54, 1.807) is 5.38 Å². The van der Waals surface area contributed by atoms with Crippen molar-refractivity contribution in [1.29, 1.82) is 0 Å². The monoisotopic (exact) mass is 245 g/mol. The molecule has 0 aromatic carbocycles. The van der Waals surface area contributed by atoms with Crippen LogP contribution >= 0.6 is 11.3 Å². The van der Waals surface area contributed by atoms with E-state index in [0.717, 1.165) is 0 Å². The maximum atomic E-state index is 11.7. The van der Waals surface area contributed by atoms with E-state index in [1.165, 1.54) is 16.2 Å². The number of carbonyl (C=O) groups is 1. The lowest BCUT2D eigenvalue weighted by Gasteiger charge is -2.19. The van der Waals surface area contributed by atoms with E-state index in [4.69, 9.17) is 15.9 Å². The predicted molar refractivity (Wildman–Crippen MR) is 61.0 cm³/mol. The van der Waals surface area contributed by atoms with Gasteiger partial charge in [-0.25, -0.2) is 4.98 Å². The van der Waals surface area contributed by atoms with Crippen LogP contribution in [0.4, 0.5) is 5.13 Å². The van der Waals surface area contributed by atoms with Crippen molar-refractivity contribution < 1.29 is 15.0 Å². The molecule has 7 heteroatoms. The van der Waals surface area contributed by atoms with Gasteiger partial charge in [0.15, 0.2) is 5.13 Å². The first-order valence-corrected chi connectivity index (χ1v) is 5.74. The maximum Gasteiger partial charge on any atom is 0.228 e. The lowest BCUT2D eigenvalue weighted by Crippen LogP contribution is -2.36. The van der Waals surface area contributed by atoms with Crippen LogP contribution in [0.1, 0.15) is 5.69 Å². The van der Waals surface area contributed by atoms with Gasteiger partial charge in [0.2, 0.25) is 5.91 Å². The zero-order valence-electron chi connectivity index (χ0n) is 8.80. The molecule has 1 rings (SSSR count). The third-order valence-electron chi connectivity index (χ3n) is 1.99. The number of nitrogens with zero attached hydrogens (tertiary/aromatic N) is 2. The van der Waals surface area contributed by atoms with E-state index in [2.05, 4.69) is 4.98 Å². The Balaban J connectivity index is 2.54.